The molecule has 1 atom stereocenters. The predicted molar refractivity (Wildman–Crippen MR) is 94.2 cm³/mol. The average molecular weight is 418 g/mol. The van der Waals surface area contributed by atoms with Gasteiger partial charge in [0.15, 0.2) is 0 Å². The summed E-state index contributed by atoms with van der Waals surface area (Å²) in [4.78, 5) is 2.30. The van der Waals surface area contributed by atoms with Gasteiger partial charge in [0.1, 0.15) is 0 Å². The molecule has 0 aliphatic rings. The predicted octanol–water partition coefficient (Wildman–Crippen LogP) is 4.71. The van der Waals surface area contributed by atoms with E-state index in [-0.39, 0.29) is 6.04 Å². The lowest BCUT2D eigenvalue weighted by Gasteiger charge is -2.27. The van der Waals surface area contributed by atoms with Gasteiger partial charge in [-0.3, -0.25) is 4.90 Å². The zero-order valence-corrected chi connectivity index (χ0v) is 15.6. The summed E-state index contributed by atoms with van der Waals surface area (Å²) in [6, 6.07) is 8.86. The normalized spacial score (nSPS) is 12.9. The summed E-state index contributed by atoms with van der Waals surface area (Å²) in [7, 11) is 2.13. The summed E-state index contributed by atoms with van der Waals surface area (Å²) in [5.74, 6) is 0. The number of likely N-dealkylation sites (N-methyl/N-ethyl adjacent to an activating group) is 1. The Morgan fingerprint density at radius 3 is 2.60 bits per heavy atom. The van der Waals surface area contributed by atoms with Gasteiger partial charge in [0.2, 0.25) is 0 Å². The minimum Gasteiger partial charge on any atom is -0.329 e. The van der Waals surface area contributed by atoms with E-state index < -0.39 is 0 Å². The van der Waals surface area contributed by atoms with Gasteiger partial charge in [-0.2, -0.15) is 0 Å². The van der Waals surface area contributed by atoms with Gasteiger partial charge in [0.25, 0.3) is 0 Å². The van der Waals surface area contributed by atoms with Crippen LogP contribution in [0.1, 0.15) is 22.7 Å². The van der Waals surface area contributed by atoms with Gasteiger partial charge in [-0.05, 0) is 64.1 Å². The second-order valence-corrected chi connectivity index (χ2v) is 8.08. The third-order valence-electron chi connectivity index (χ3n) is 3.38. The highest BCUT2D eigenvalue weighted by atomic mass is 79.9. The van der Waals surface area contributed by atoms with Gasteiger partial charge in [-0.25, -0.2) is 0 Å². The molecule has 108 valence electrons. The molecule has 0 saturated heterocycles. The molecule has 0 radical (unpaired) electrons. The summed E-state index contributed by atoms with van der Waals surface area (Å²) >= 11 is 8.77. The number of rotatable bonds is 5. The standard InChI is InChI=1S/C15H18Br2N2S/c1-10-5-12(3-4-13(10)16)14(7-18)19(2)8-11-6-15(17)20-9-11/h3-6,9,14H,7-8,18H2,1-2H3. The Morgan fingerprint density at radius 1 is 1.30 bits per heavy atom. The van der Waals surface area contributed by atoms with E-state index in [1.54, 1.807) is 11.3 Å². The maximum absolute atomic E-state index is 5.99. The van der Waals surface area contributed by atoms with E-state index >= 15 is 0 Å². The first-order chi connectivity index (χ1) is 9.51. The number of halogens is 2. The van der Waals surface area contributed by atoms with E-state index in [1.807, 2.05) is 0 Å². The van der Waals surface area contributed by atoms with Crippen molar-refractivity contribution in [2.75, 3.05) is 13.6 Å². The number of aryl methyl sites for hydroxylation is 1. The van der Waals surface area contributed by atoms with Crippen molar-refractivity contribution in [2.45, 2.75) is 19.5 Å². The Bertz CT molecular complexity index is 583. The highest BCUT2D eigenvalue weighted by molar-refractivity contribution is 9.11. The number of nitrogens with zero attached hydrogens (tertiary/aromatic N) is 1. The fourth-order valence-corrected chi connectivity index (χ4v) is 3.72. The quantitative estimate of drug-likeness (QED) is 0.762. The van der Waals surface area contributed by atoms with E-state index in [0.717, 1.165) is 11.0 Å². The van der Waals surface area contributed by atoms with Crippen LogP contribution in [0.25, 0.3) is 0 Å². The maximum atomic E-state index is 5.99. The lowest BCUT2D eigenvalue weighted by Crippen LogP contribution is -2.30. The first-order valence-corrected chi connectivity index (χ1v) is 8.87. The van der Waals surface area contributed by atoms with Gasteiger partial charge in [-0.15, -0.1) is 11.3 Å². The van der Waals surface area contributed by atoms with Crippen LogP contribution >= 0.6 is 43.2 Å². The summed E-state index contributed by atoms with van der Waals surface area (Å²) in [5.41, 5.74) is 9.82. The minimum atomic E-state index is 0.237. The maximum Gasteiger partial charge on any atom is 0.0701 e. The molecule has 20 heavy (non-hydrogen) atoms. The van der Waals surface area contributed by atoms with Crippen LogP contribution in [0.3, 0.4) is 0 Å². The van der Waals surface area contributed by atoms with Crippen molar-refractivity contribution in [1.82, 2.24) is 4.90 Å². The summed E-state index contributed by atoms with van der Waals surface area (Å²) < 4.78 is 2.31. The van der Waals surface area contributed by atoms with E-state index in [4.69, 9.17) is 5.73 Å². The van der Waals surface area contributed by atoms with Crippen molar-refractivity contribution < 1.29 is 0 Å². The second-order valence-electron chi connectivity index (χ2n) is 4.93. The van der Waals surface area contributed by atoms with Crippen LogP contribution < -0.4 is 5.73 Å². The SMILES string of the molecule is Cc1cc(C(CN)N(C)Cc2csc(Br)c2)ccc1Br. The molecule has 0 bridgehead atoms. The highest BCUT2D eigenvalue weighted by Gasteiger charge is 2.16. The molecule has 0 aliphatic carbocycles. The molecule has 1 aromatic carbocycles. The van der Waals surface area contributed by atoms with E-state index in [2.05, 4.69) is 80.4 Å². The van der Waals surface area contributed by atoms with Gasteiger partial charge >= 0.3 is 0 Å². The molecule has 5 heteroatoms. The van der Waals surface area contributed by atoms with E-state index in [0.29, 0.717) is 6.54 Å². The van der Waals surface area contributed by atoms with Crippen molar-refractivity contribution in [3.63, 3.8) is 0 Å². The monoisotopic (exact) mass is 416 g/mol. The van der Waals surface area contributed by atoms with Gasteiger partial charge < -0.3 is 5.73 Å². The van der Waals surface area contributed by atoms with Crippen molar-refractivity contribution in [2.24, 2.45) is 5.73 Å². The van der Waals surface area contributed by atoms with Crippen LogP contribution in [-0.4, -0.2) is 18.5 Å². The molecule has 1 unspecified atom stereocenters. The Balaban J connectivity index is 2.16. The lowest BCUT2D eigenvalue weighted by atomic mass is 10.0. The largest absolute Gasteiger partial charge is 0.329 e. The molecule has 2 nitrogen and oxygen atoms in total. The zero-order valence-electron chi connectivity index (χ0n) is 11.6. The van der Waals surface area contributed by atoms with Crippen LogP contribution in [0.4, 0.5) is 0 Å². The van der Waals surface area contributed by atoms with Gasteiger partial charge in [-0.1, -0.05) is 28.1 Å². The number of nitrogens with two attached hydrogens (primary N) is 1. The lowest BCUT2D eigenvalue weighted by molar-refractivity contribution is 0.242. The summed E-state index contributed by atoms with van der Waals surface area (Å²) in [5, 5.41) is 2.18. The fourth-order valence-electron chi connectivity index (χ4n) is 2.27. The zero-order chi connectivity index (χ0) is 14.7. The van der Waals surface area contributed by atoms with Crippen LogP contribution in [0.5, 0.6) is 0 Å². The molecule has 2 rings (SSSR count). The molecular weight excluding hydrogens is 400 g/mol. The molecule has 0 spiro atoms. The smallest absolute Gasteiger partial charge is 0.0701 e. The topological polar surface area (TPSA) is 29.3 Å². The van der Waals surface area contributed by atoms with E-state index in [9.17, 15) is 0 Å². The molecule has 0 saturated carbocycles. The third-order valence-corrected chi connectivity index (χ3v) is 5.82. The fraction of sp³-hybridized carbons (Fsp3) is 0.333. The second kappa shape index (κ2) is 7.18. The van der Waals surface area contributed by atoms with Gasteiger partial charge in [0, 0.05) is 23.6 Å². The van der Waals surface area contributed by atoms with Crippen molar-refractivity contribution >= 4 is 43.2 Å². The summed E-state index contributed by atoms with van der Waals surface area (Å²) in [6.07, 6.45) is 0. The number of benzene rings is 1. The van der Waals surface area contributed by atoms with Crippen LogP contribution in [-0.2, 0) is 6.54 Å². The van der Waals surface area contributed by atoms with Crippen molar-refractivity contribution in [1.29, 1.82) is 0 Å². The summed E-state index contributed by atoms with van der Waals surface area (Å²) in [6.45, 7) is 3.62. The molecule has 0 aliphatic heterocycles. The highest BCUT2D eigenvalue weighted by Crippen LogP contribution is 2.27. The first kappa shape index (κ1) is 16.2. The third kappa shape index (κ3) is 3.92. The molecule has 1 heterocycles. The Morgan fingerprint density at radius 2 is 2.05 bits per heavy atom. The van der Waals surface area contributed by atoms with Crippen LogP contribution in [0.2, 0.25) is 0 Å². The molecule has 0 amide bonds. The minimum absolute atomic E-state index is 0.237. The van der Waals surface area contributed by atoms with Gasteiger partial charge in [0.05, 0.1) is 3.79 Å². The molecule has 0 fully saturated rings. The first-order valence-electron chi connectivity index (χ1n) is 6.40. The molecule has 2 N–H and O–H groups in total. The van der Waals surface area contributed by atoms with Crippen molar-refractivity contribution in [3.8, 4) is 0 Å². The Hall–Kier alpha value is -0.200. The Kier molecular flexibility index (Phi) is 5.81. The molecule has 1 aromatic heterocycles. The van der Waals surface area contributed by atoms with Crippen LogP contribution in [0, 0.1) is 6.92 Å². The average Bonchev–Trinajstić information content (AvgIpc) is 2.80. The Labute approximate surface area is 141 Å². The van der Waals surface area contributed by atoms with Crippen LogP contribution in [0.15, 0.2) is 37.9 Å². The number of hydrogen-bond acceptors (Lipinski definition) is 3. The van der Waals surface area contributed by atoms with E-state index in [1.165, 1.54) is 20.5 Å². The molecule has 2 aromatic rings. The molecular formula is C15H18Br2N2S. The number of thiophene rings is 1. The number of hydrogen-bond donors (Lipinski definition) is 1. The van der Waals surface area contributed by atoms with Crippen molar-refractivity contribution in [3.05, 3.63) is 54.6 Å².